The first-order valence-corrected chi connectivity index (χ1v) is 8.59. The first kappa shape index (κ1) is 16.2. The zero-order valence-electron chi connectivity index (χ0n) is 12.8. The van der Waals surface area contributed by atoms with Crippen LogP contribution in [0.15, 0.2) is 29.6 Å². The molecule has 1 saturated heterocycles. The number of benzene rings is 1. The number of anilines is 1. The topological polar surface area (TPSA) is 65.5 Å². The van der Waals surface area contributed by atoms with Crippen molar-refractivity contribution in [1.29, 1.82) is 0 Å². The minimum Gasteiger partial charge on any atom is -0.390 e. The molecular weight excluding hydrogens is 334 g/mol. The van der Waals surface area contributed by atoms with Gasteiger partial charge in [-0.15, -0.1) is 11.3 Å². The molecule has 5 nitrogen and oxygen atoms in total. The van der Waals surface area contributed by atoms with Gasteiger partial charge in [0.1, 0.15) is 0 Å². The Morgan fingerprint density at radius 2 is 2.13 bits per heavy atom. The Bertz CT molecular complexity index is 696. The summed E-state index contributed by atoms with van der Waals surface area (Å²) in [6.07, 6.45) is 0.665. The van der Waals surface area contributed by atoms with Crippen LogP contribution in [0, 0.1) is 5.41 Å². The molecule has 0 saturated carbocycles. The number of nitrogens with one attached hydrogen (secondary N) is 1. The molecule has 122 valence electrons. The maximum absolute atomic E-state index is 12.4. The predicted molar refractivity (Wildman–Crippen MR) is 91.9 cm³/mol. The number of aromatic nitrogens is 1. The van der Waals surface area contributed by atoms with Crippen molar-refractivity contribution in [1.82, 2.24) is 10.3 Å². The summed E-state index contributed by atoms with van der Waals surface area (Å²) in [5.74, 6) is 0.0441. The van der Waals surface area contributed by atoms with E-state index in [0.29, 0.717) is 30.2 Å². The van der Waals surface area contributed by atoms with E-state index in [4.69, 9.17) is 16.7 Å². The summed E-state index contributed by atoms with van der Waals surface area (Å²) in [5, 5.41) is 15.3. The number of carbonyl (C=O) groups is 1. The Morgan fingerprint density at radius 3 is 2.70 bits per heavy atom. The second kappa shape index (κ2) is 6.47. The number of thiazole rings is 1. The van der Waals surface area contributed by atoms with Crippen molar-refractivity contribution >= 4 is 34.0 Å². The van der Waals surface area contributed by atoms with Gasteiger partial charge in [0, 0.05) is 30.5 Å². The number of nitrogens with zero attached hydrogens (tertiary/aromatic N) is 2. The third kappa shape index (κ3) is 3.20. The molecule has 3 rings (SSSR count). The maximum Gasteiger partial charge on any atom is 0.229 e. The molecule has 0 radical (unpaired) electrons. The quantitative estimate of drug-likeness (QED) is 0.865. The van der Waals surface area contributed by atoms with Gasteiger partial charge in [0.25, 0.3) is 0 Å². The van der Waals surface area contributed by atoms with Crippen LogP contribution in [0.1, 0.15) is 11.3 Å². The van der Waals surface area contributed by atoms with E-state index in [1.54, 1.807) is 7.05 Å². The van der Waals surface area contributed by atoms with E-state index >= 15 is 0 Å². The summed E-state index contributed by atoms with van der Waals surface area (Å²) in [5.41, 5.74) is 1.31. The molecule has 1 amide bonds. The van der Waals surface area contributed by atoms with E-state index in [-0.39, 0.29) is 12.5 Å². The highest BCUT2D eigenvalue weighted by Gasteiger charge is 2.49. The molecule has 7 heteroatoms. The summed E-state index contributed by atoms with van der Waals surface area (Å²) in [4.78, 5) is 18.8. The number of hydrogen-bond acceptors (Lipinski definition) is 5. The van der Waals surface area contributed by atoms with Crippen LogP contribution in [-0.4, -0.2) is 36.1 Å². The second-order valence-electron chi connectivity index (χ2n) is 5.80. The van der Waals surface area contributed by atoms with Crippen LogP contribution in [0.25, 0.3) is 0 Å². The molecule has 1 aromatic carbocycles. The predicted octanol–water partition coefficient (Wildman–Crippen LogP) is 2.08. The Labute approximate surface area is 143 Å². The molecule has 23 heavy (non-hydrogen) atoms. The Morgan fingerprint density at radius 1 is 1.43 bits per heavy atom. The summed E-state index contributed by atoms with van der Waals surface area (Å²) in [6, 6.07) is 7.62. The van der Waals surface area contributed by atoms with Crippen LogP contribution >= 0.6 is 22.9 Å². The van der Waals surface area contributed by atoms with Crippen molar-refractivity contribution < 1.29 is 9.90 Å². The lowest BCUT2D eigenvalue weighted by molar-refractivity contribution is -0.132. The molecule has 2 N–H and O–H groups in total. The van der Waals surface area contributed by atoms with Gasteiger partial charge in [-0.1, -0.05) is 23.7 Å². The minimum atomic E-state index is -0.451. The molecule has 1 fully saturated rings. The number of carbonyl (C=O) groups excluding carboxylic acids is 1. The van der Waals surface area contributed by atoms with Gasteiger partial charge in [0.2, 0.25) is 5.91 Å². The van der Waals surface area contributed by atoms with Gasteiger partial charge in [0.05, 0.1) is 17.7 Å². The van der Waals surface area contributed by atoms with Crippen LogP contribution in [0.5, 0.6) is 0 Å². The van der Waals surface area contributed by atoms with Gasteiger partial charge < -0.3 is 15.3 Å². The van der Waals surface area contributed by atoms with E-state index in [9.17, 15) is 4.79 Å². The Hall–Kier alpha value is -1.63. The molecule has 1 aliphatic rings. The number of aliphatic hydroxyl groups is 1. The molecule has 2 aromatic rings. The number of halogens is 1. The van der Waals surface area contributed by atoms with Crippen LogP contribution in [0.2, 0.25) is 5.02 Å². The van der Waals surface area contributed by atoms with Crippen LogP contribution in [0.4, 0.5) is 5.13 Å². The summed E-state index contributed by atoms with van der Waals surface area (Å²) >= 11 is 7.42. The third-order valence-corrected chi connectivity index (χ3v) is 5.33. The fraction of sp³-hybridized carbons (Fsp3) is 0.375. The molecule has 2 heterocycles. The van der Waals surface area contributed by atoms with E-state index in [1.165, 1.54) is 11.3 Å². The molecule has 1 aliphatic heterocycles. The number of hydrogen-bond donors (Lipinski definition) is 2. The Balaban J connectivity index is 1.75. The SMILES string of the molecule is CNC(=O)C1(Cc2ccc(Cl)cc2)CN(c2nc(CO)cs2)C1. The molecule has 0 bridgehead atoms. The van der Waals surface area contributed by atoms with Gasteiger partial charge in [-0.05, 0) is 24.1 Å². The fourth-order valence-corrected chi connectivity index (χ4v) is 3.87. The molecule has 0 atom stereocenters. The van der Waals surface area contributed by atoms with Crippen LogP contribution in [0.3, 0.4) is 0 Å². The van der Waals surface area contributed by atoms with Gasteiger partial charge >= 0.3 is 0 Å². The zero-order valence-corrected chi connectivity index (χ0v) is 14.3. The highest BCUT2D eigenvalue weighted by Crippen LogP contribution is 2.39. The van der Waals surface area contributed by atoms with E-state index in [2.05, 4.69) is 15.2 Å². The lowest BCUT2D eigenvalue weighted by atomic mass is 9.74. The first-order valence-electron chi connectivity index (χ1n) is 7.33. The molecule has 0 unspecified atom stereocenters. The molecule has 1 aromatic heterocycles. The largest absolute Gasteiger partial charge is 0.390 e. The normalized spacial score (nSPS) is 16.0. The van der Waals surface area contributed by atoms with Crippen molar-refractivity contribution in [3.8, 4) is 0 Å². The lowest BCUT2D eigenvalue weighted by Gasteiger charge is -2.48. The molecule has 0 spiro atoms. The van der Waals surface area contributed by atoms with Crippen LogP contribution < -0.4 is 10.2 Å². The van der Waals surface area contributed by atoms with Crippen molar-refractivity contribution in [3.05, 3.63) is 45.9 Å². The third-order valence-electron chi connectivity index (χ3n) is 4.12. The highest BCUT2D eigenvalue weighted by molar-refractivity contribution is 7.13. The first-order chi connectivity index (χ1) is 11.1. The van der Waals surface area contributed by atoms with Crippen molar-refractivity contribution in [2.75, 3.05) is 25.0 Å². The average molecular weight is 352 g/mol. The van der Waals surface area contributed by atoms with Crippen LogP contribution in [-0.2, 0) is 17.8 Å². The Kier molecular flexibility index (Phi) is 4.57. The minimum absolute atomic E-state index is 0.0441. The average Bonchev–Trinajstić information content (AvgIpc) is 3.00. The number of aliphatic hydroxyl groups excluding tert-OH is 1. The summed E-state index contributed by atoms with van der Waals surface area (Å²) in [6.45, 7) is 1.18. The zero-order chi connectivity index (χ0) is 16.4. The second-order valence-corrected chi connectivity index (χ2v) is 7.07. The fourth-order valence-electron chi connectivity index (χ4n) is 2.93. The standard InChI is InChI=1S/C16H18ClN3O2S/c1-18-14(22)16(6-11-2-4-12(17)5-3-11)9-20(10-16)15-19-13(7-21)8-23-15/h2-5,8,21H,6-7,9-10H2,1H3,(H,18,22). The van der Waals surface area contributed by atoms with Crippen molar-refractivity contribution in [2.24, 2.45) is 5.41 Å². The van der Waals surface area contributed by atoms with Gasteiger partial charge in [0.15, 0.2) is 5.13 Å². The van der Waals surface area contributed by atoms with E-state index in [1.807, 2.05) is 29.6 Å². The molecule has 0 aliphatic carbocycles. The van der Waals surface area contributed by atoms with Gasteiger partial charge in [-0.2, -0.15) is 0 Å². The van der Waals surface area contributed by atoms with E-state index < -0.39 is 5.41 Å². The monoisotopic (exact) mass is 351 g/mol. The highest BCUT2D eigenvalue weighted by atomic mass is 35.5. The smallest absolute Gasteiger partial charge is 0.229 e. The summed E-state index contributed by atoms with van der Waals surface area (Å²) in [7, 11) is 1.67. The van der Waals surface area contributed by atoms with E-state index in [0.717, 1.165) is 10.7 Å². The molecular formula is C16H18ClN3O2S. The number of amides is 1. The number of rotatable bonds is 5. The van der Waals surface area contributed by atoms with Crippen molar-refractivity contribution in [3.63, 3.8) is 0 Å². The van der Waals surface area contributed by atoms with Gasteiger partial charge in [-0.25, -0.2) is 4.98 Å². The van der Waals surface area contributed by atoms with Crippen molar-refractivity contribution in [2.45, 2.75) is 13.0 Å². The lowest BCUT2D eigenvalue weighted by Crippen LogP contribution is -2.64. The summed E-state index contributed by atoms with van der Waals surface area (Å²) < 4.78 is 0. The van der Waals surface area contributed by atoms with Gasteiger partial charge in [-0.3, -0.25) is 4.79 Å². The maximum atomic E-state index is 12.4.